The molecule has 2 heteroatoms. The van der Waals surface area contributed by atoms with Crippen LogP contribution in [0.4, 0.5) is 0 Å². The molecule has 0 saturated heterocycles. The summed E-state index contributed by atoms with van der Waals surface area (Å²) in [5.74, 6) is 2.05. The first-order valence-electron chi connectivity index (χ1n) is 7.58. The first-order chi connectivity index (χ1) is 8.67. The second kappa shape index (κ2) is 7.60. The SMILES string of the molecule is CCC(CC)C(=O)C1CCC=C(C(CC)CC)O1. The monoisotopic (exact) mass is 252 g/mol. The van der Waals surface area contributed by atoms with Crippen molar-refractivity contribution in [3.8, 4) is 0 Å². The van der Waals surface area contributed by atoms with Gasteiger partial charge in [-0.2, -0.15) is 0 Å². The number of allylic oxidation sites excluding steroid dienone is 2. The molecule has 0 amide bonds. The Kier molecular flexibility index (Phi) is 6.45. The number of hydrogen-bond acceptors (Lipinski definition) is 2. The first kappa shape index (κ1) is 15.3. The van der Waals surface area contributed by atoms with E-state index in [1.165, 1.54) is 0 Å². The highest BCUT2D eigenvalue weighted by Crippen LogP contribution is 2.29. The number of Topliss-reactive ketones (excluding diaryl/α,β-unsaturated/α-hetero) is 1. The lowest BCUT2D eigenvalue weighted by Crippen LogP contribution is -2.32. The Morgan fingerprint density at radius 2 is 1.83 bits per heavy atom. The first-order valence-corrected chi connectivity index (χ1v) is 7.58. The lowest BCUT2D eigenvalue weighted by atomic mass is 9.90. The molecule has 0 spiro atoms. The molecule has 1 aliphatic heterocycles. The molecule has 104 valence electrons. The highest BCUT2D eigenvalue weighted by atomic mass is 16.5. The minimum absolute atomic E-state index is 0.177. The molecule has 0 aromatic carbocycles. The van der Waals surface area contributed by atoms with Gasteiger partial charge in [0.25, 0.3) is 0 Å². The maximum atomic E-state index is 12.4. The Balaban J connectivity index is 2.67. The van der Waals surface area contributed by atoms with Crippen molar-refractivity contribution in [3.05, 3.63) is 11.8 Å². The third-order valence-corrected chi connectivity index (χ3v) is 4.15. The second-order valence-corrected chi connectivity index (χ2v) is 5.22. The predicted octanol–water partition coefficient (Wildman–Crippen LogP) is 4.49. The van der Waals surface area contributed by atoms with E-state index in [1.54, 1.807) is 0 Å². The van der Waals surface area contributed by atoms with Crippen LogP contribution in [-0.4, -0.2) is 11.9 Å². The van der Waals surface area contributed by atoms with Gasteiger partial charge in [-0.1, -0.05) is 27.7 Å². The Labute approximate surface area is 112 Å². The van der Waals surface area contributed by atoms with Crippen molar-refractivity contribution in [2.24, 2.45) is 11.8 Å². The molecule has 1 unspecified atom stereocenters. The number of hydrogen-bond donors (Lipinski definition) is 0. The van der Waals surface area contributed by atoms with E-state index in [2.05, 4.69) is 33.8 Å². The lowest BCUT2D eigenvalue weighted by molar-refractivity contribution is -0.134. The number of ketones is 1. The van der Waals surface area contributed by atoms with Crippen molar-refractivity contribution < 1.29 is 9.53 Å². The molecule has 0 aromatic heterocycles. The van der Waals surface area contributed by atoms with Crippen molar-refractivity contribution in [3.63, 3.8) is 0 Å². The average molecular weight is 252 g/mol. The topological polar surface area (TPSA) is 26.3 Å². The largest absolute Gasteiger partial charge is 0.487 e. The van der Waals surface area contributed by atoms with E-state index in [1.807, 2.05) is 0 Å². The van der Waals surface area contributed by atoms with Crippen LogP contribution in [0.1, 0.15) is 66.2 Å². The van der Waals surface area contributed by atoms with Crippen molar-refractivity contribution in [1.29, 1.82) is 0 Å². The molecule has 0 N–H and O–H groups in total. The summed E-state index contributed by atoms with van der Waals surface area (Å²) in [5, 5.41) is 0. The molecule has 1 heterocycles. The Morgan fingerprint density at radius 1 is 1.22 bits per heavy atom. The third kappa shape index (κ3) is 3.60. The molecule has 0 aromatic rings. The van der Waals surface area contributed by atoms with Crippen LogP contribution in [-0.2, 0) is 9.53 Å². The summed E-state index contributed by atoms with van der Waals surface area (Å²) in [6.45, 7) is 8.55. The highest BCUT2D eigenvalue weighted by molar-refractivity contribution is 5.85. The fourth-order valence-electron chi connectivity index (χ4n) is 2.76. The smallest absolute Gasteiger partial charge is 0.176 e. The molecule has 0 radical (unpaired) electrons. The highest BCUT2D eigenvalue weighted by Gasteiger charge is 2.29. The van der Waals surface area contributed by atoms with Gasteiger partial charge in [-0.05, 0) is 44.6 Å². The average Bonchev–Trinajstić information content (AvgIpc) is 2.42. The van der Waals surface area contributed by atoms with Gasteiger partial charge < -0.3 is 4.74 Å². The number of rotatable bonds is 7. The van der Waals surface area contributed by atoms with Crippen LogP contribution in [0.15, 0.2) is 11.8 Å². The van der Waals surface area contributed by atoms with Crippen molar-refractivity contribution in [2.75, 3.05) is 0 Å². The lowest BCUT2D eigenvalue weighted by Gasteiger charge is -2.29. The van der Waals surface area contributed by atoms with E-state index in [9.17, 15) is 4.79 Å². The fraction of sp³-hybridized carbons (Fsp3) is 0.812. The predicted molar refractivity (Wildman–Crippen MR) is 75.3 cm³/mol. The van der Waals surface area contributed by atoms with Gasteiger partial charge in [-0.15, -0.1) is 0 Å². The second-order valence-electron chi connectivity index (χ2n) is 5.22. The van der Waals surface area contributed by atoms with E-state index >= 15 is 0 Å². The van der Waals surface area contributed by atoms with Crippen LogP contribution in [0.5, 0.6) is 0 Å². The van der Waals surface area contributed by atoms with Crippen LogP contribution in [0.25, 0.3) is 0 Å². The zero-order valence-electron chi connectivity index (χ0n) is 12.4. The van der Waals surface area contributed by atoms with E-state index in [4.69, 9.17) is 4.74 Å². The Hall–Kier alpha value is -0.790. The molecule has 1 rings (SSSR count). The summed E-state index contributed by atoms with van der Waals surface area (Å²) < 4.78 is 5.99. The van der Waals surface area contributed by atoms with Gasteiger partial charge in [0.1, 0.15) is 0 Å². The van der Waals surface area contributed by atoms with Crippen LogP contribution in [0.2, 0.25) is 0 Å². The van der Waals surface area contributed by atoms with Gasteiger partial charge in [0.15, 0.2) is 11.9 Å². The zero-order chi connectivity index (χ0) is 13.5. The van der Waals surface area contributed by atoms with Crippen LogP contribution in [0.3, 0.4) is 0 Å². The third-order valence-electron chi connectivity index (χ3n) is 4.15. The molecule has 0 bridgehead atoms. The van der Waals surface area contributed by atoms with Gasteiger partial charge in [0, 0.05) is 11.8 Å². The van der Waals surface area contributed by atoms with Gasteiger partial charge >= 0.3 is 0 Å². The van der Waals surface area contributed by atoms with Crippen LogP contribution in [0, 0.1) is 11.8 Å². The summed E-state index contributed by atoms with van der Waals surface area (Å²) >= 11 is 0. The quantitative estimate of drug-likeness (QED) is 0.667. The summed E-state index contributed by atoms with van der Waals surface area (Å²) in [5.41, 5.74) is 0. The molecule has 1 atom stereocenters. The van der Waals surface area contributed by atoms with E-state index in [-0.39, 0.29) is 12.0 Å². The van der Waals surface area contributed by atoms with Crippen LogP contribution >= 0.6 is 0 Å². The minimum Gasteiger partial charge on any atom is -0.487 e. The van der Waals surface area contributed by atoms with E-state index < -0.39 is 0 Å². The van der Waals surface area contributed by atoms with Crippen molar-refractivity contribution in [2.45, 2.75) is 72.3 Å². The molecule has 0 aliphatic carbocycles. The van der Waals surface area contributed by atoms with E-state index in [0.717, 1.165) is 44.3 Å². The minimum atomic E-state index is -0.185. The summed E-state index contributed by atoms with van der Waals surface area (Å²) in [7, 11) is 0. The molecular formula is C16H28O2. The van der Waals surface area contributed by atoms with Gasteiger partial charge in [-0.25, -0.2) is 0 Å². The zero-order valence-corrected chi connectivity index (χ0v) is 12.4. The maximum absolute atomic E-state index is 12.4. The summed E-state index contributed by atoms with van der Waals surface area (Å²) in [6, 6.07) is 0. The normalized spacial score (nSPS) is 19.9. The van der Waals surface area contributed by atoms with Crippen LogP contribution < -0.4 is 0 Å². The van der Waals surface area contributed by atoms with E-state index in [0.29, 0.717) is 11.7 Å². The van der Waals surface area contributed by atoms with Crippen molar-refractivity contribution >= 4 is 5.78 Å². The van der Waals surface area contributed by atoms with Gasteiger partial charge in [0.05, 0.1) is 5.76 Å². The van der Waals surface area contributed by atoms with Gasteiger partial charge in [0.2, 0.25) is 0 Å². The van der Waals surface area contributed by atoms with Crippen molar-refractivity contribution in [1.82, 2.24) is 0 Å². The molecular weight excluding hydrogens is 224 g/mol. The Bertz CT molecular complexity index is 285. The Morgan fingerprint density at radius 3 is 2.33 bits per heavy atom. The molecule has 0 saturated carbocycles. The standard InChI is InChI=1S/C16H28O2/c1-5-12(6-2)14-10-9-11-15(18-14)16(17)13(7-3)8-4/h10,12-13,15H,5-9,11H2,1-4H3. The number of ether oxygens (including phenoxy) is 1. The summed E-state index contributed by atoms with van der Waals surface area (Å²) in [4.78, 5) is 12.4. The number of carbonyl (C=O) groups excluding carboxylic acids is 1. The molecule has 2 nitrogen and oxygen atoms in total. The fourth-order valence-corrected chi connectivity index (χ4v) is 2.76. The molecule has 0 fully saturated rings. The van der Waals surface area contributed by atoms with Gasteiger partial charge in [-0.3, -0.25) is 4.79 Å². The molecule has 1 aliphatic rings. The number of carbonyl (C=O) groups is 1. The molecule has 18 heavy (non-hydrogen) atoms. The maximum Gasteiger partial charge on any atom is 0.176 e. The summed E-state index contributed by atoms with van der Waals surface area (Å²) in [6.07, 6.45) is 7.90.